The maximum atomic E-state index is 13.9. The average Bonchev–Trinajstić information content (AvgIpc) is 3.09. The molecule has 2 aromatic rings. The van der Waals surface area contributed by atoms with Crippen molar-refractivity contribution in [1.82, 2.24) is 0 Å². The van der Waals surface area contributed by atoms with Gasteiger partial charge in [0.25, 0.3) is 5.91 Å². The molecule has 1 atom stereocenters. The molecule has 3 rings (SSSR count). The Kier molecular flexibility index (Phi) is 4.92. The fraction of sp³-hybridized carbons (Fsp3) is 0.222. The van der Waals surface area contributed by atoms with Crippen LogP contribution in [-0.2, 0) is 9.53 Å². The summed E-state index contributed by atoms with van der Waals surface area (Å²) in [6.07, 6.45) is -1.13. The van der Waals surface area contributed by atoms with E-state index < -0.39 is 23.8 Å². The summed E-state index contributed by atoms with van der Waals surface area (Å²) in [5, 5.41) is 2.60. The molecular weight excluding hydrogens is 345 g/mol. The van der Waals surface area contributed by atoms with Gasteiger partial charge in [0.15, 0.2) is 17.6 Å². The van der Waals surface area contributed by atoms with E-state index in [1.807, 2.05) is 0 Å². The fourth-order valence-electron chi connectivity index (χ4n) is 2.28. The van der Waals surface area contributed by atoms with E-state index >= 15 is 0 Å². The highest BCUT2D eigenvalue weighted by molar-refractivity contribution is 5.97. The summed E-state index contributed by atoms with van der Waals surface area (Å²) in [7, 11) is 1.38. The van der Waals surface area contributed by atoms with Gasteiger partial charge in [-0.2, -0.15) is 0 Å². The van der Waals surface area contributed by atoms with Crippen molar-refractivity contribution < 1.29 is 32.9 Å². The highest BCUT2D eigenvalue weighted by Gasteiger charge is 2.22. The van der Waals surface area contributed by atoms with E-state index in [4.69, 9.17) is 18.9 Å². The number of benzene rings is 2. The maximum Gasteiger partial charge on any atom is 0.341 e. The topological polar surface area (TPSA) is 83.1 Å². The quantitative estimate of drug-likeness (QED) is 0.825. The van der Waals surface area contributed by atoms with Crippen molar-refractivity contribution >= 4 is 17.6 Å². The molecule has 8 heteroatoms. The summed E-state index contributed by atoms with van der Waals surface area (Å²) < 4.78 is 34.2. The first-order valence-electron chi connectivity index (χ1n) is 7.73. The minimum Gasteiger partial charge on any atom is -0.497 e. The van der Waals surface area contributed by atoms with E-state index in [1.54, 1.807) is 18.2 Å². The second-order valence-corrected chi connectivity index (χ2v) is 5.45. The van der Waals surface area contributed by atoms with Gasteiger partial charge in [0.05, 0.1) is 12.7 Å². The van der Waals surface area contributed by atoms with Crippen molar-refractivity contribution in [2.45, 2.75) is 13.0 Å². The Morgan fingerprint density at radius 3 is 2.65 bits per heavy atom. The molecule has 0 aromatic heterocycles. The van der Waals surface area contributed by atoms with Crippen LogP contribution in [0.25, 0.3) is 0 Å². The Balaban J connectivity index is 1.62. The van der Waals surface area contributed by atoms with Gasteiger partial charge < -0.3 is 24.3 Å². The highest BCUT2D eigenvalue weighted by atomic mass is 19.1. The molecule has 0 saturated carbocycles. The molecule has 1 aliphatic heterocycles. The van der Waals surface area contributed by atoms with Gasteiger partial charge in [-0.3, -0.25) is 4.79 Å². The zero-order valence-electron chi connectivity index (χ0n) is 14.1. The molecule has 0 fully saturated rings. The average molecular weight is 361 g/mol. The number of amides is 1. The number of anilines is 1. The lowest BCUT2D eigenvalue weighted by Gasteiger charge is -2.14. The number of carbonyl (C=O) groups excluding carboxylic acids is 2. The van der Waals surface area contributed by atoms with E-state index in [0.717, 1.165) is 6.07 Å². The largest absolute Gasteiger partial charge is 0.497 e. The number of hydrogen-bond donors (Lipinski definition) is 1. The molecule has 1 amide bonds. The molecule has 136 valence electrons. The Labute approximate surface area is 148 Å². The fourth-order valence-corrected chi connectivity index (χ4v) is 2.28. The van der Waals surface area contributed by atoms with Crippen molar-refractivity contribution in [3.05, 3.63) is 47.8 Å². The second-order valence-electron chi connectivity index (χ2n) is 5.45. The number of methoxy groups -OCH3 is 1. The van der Waals surface area contributed by atoms with Gasteiger partial charge in [-0.25, -0.2) is 9.18 Å². The molecule has 0 unspecified atom stereocenters. The molecule has 26 heavy (non-hydrogen) atoms. The van der Waals surface area contributed by atoms with E-state index in [0.29, 0.717) is 17.2 Å². The van der Waals surface area contributed by atoms with Crippen molar-refractivity contribution in [1.29, 1.82) is 0 Å². The first-order valence-corrected chi connectivity index (χ1v) is 7.73. The predicted octanol–water partition coefficient (Wildman–Crippen LogP) is 2.75. The summed E-state index contributed by atoms with van der Waals surface area (Å²) in [6, 6.07) is 8.60. The van der Waals surface area contributed by atoms with Crippen LogP contribution in [0, 0.1) is 5.82 Å². The lowest BCUT2D eigenvalue weighted by atomic mass is 10.2. The third-order valence-electron chi connectivity index (χ3n) is 3.69. The van der Waals surface area contributed by atoms with Gasteiger partial charge in [0, 0.05) is 17.8 Å². The van der Waals surface area contributed by atoms with E-state index in [1.165, 1.54) is 26.2 Å². The first kappa shape index (κ1) is 17.5. The van der Waals surface area contributed by atoms with Crippen molar-refractivity contribution in [3.63, 3.8) is 0 Å². The molecule has 0 saturated heterocycles. The molecule has 1 heterocycles. The lowest BCUT2D eigenvalue weighted by molar-refractivity contribution is -0.123. The summed E-state index contributed by atoms with van der Waals surface area (Å²) >= 11 is 0. The van der Waals surface area contributed by atoms with Gasteiger partial charge in [-0.1, -0.05) is 0 Å². The van der Waals surface area contributed by atoms with Crippen molar-refractivity contribution in [3.8, 4) is 17.2 Å². The summed E-state index contributed by atoms with van der Waals surface area (Å²) in [4.78, 5) is 24.3. The monoisotopic (exact) mass is 361 g/mol. The van der Waals surface area contributed by atoms with E-state index in [-0.39, 0.29) is 18.1 Å². The molecule has 0 radical (unpaired) electrons. The van der Waals surface area contributed by atoms with Crippen LogP contribution in [0.1, 0.15) is 17.3 Å². The number of fused-ring (bicyclic) bond motifs is 1. The van der Waals surface area contributed by atoms with Gasteiger partial charge in [-0.05, 0) is 31.2 Å². The number of esters is 1. The highest BCUT2D eigenvalue weighted by Crippen LogP contribution is 2.34. The van der Waals surface area contributed by atoms with Crippen LogP contribution in [-0.4, -0.2) is 31.9 Å². The molecule has 7 nitrogen and oxygen atoms in total. The first-order chi connectivity index (χ1) is 12.5. The van der Waals surface area contributed by atoms with Crippen LogP contribution in [0.2, 0.25) is 0 Å². The lowest BCUT2D eigenvalue weighted by Crippen LogP contribution is -2.30. The van der Waals surface area contributed by atoms with E-state index in [9.17, 15) is 14.0 Å². The van der Waals surface area contributed by atoms with Crippen molar-refractivity contribution in [2.24, 2.45) is 0 Å². The number of halogens is 1. The number of carbonyl (C=O) groups is 2. The van der Waals surface area contributed by atoms with Crippen LogP contribution in [0.3, 0.4) is 0 Å². The standard InChI is InChI=1S/C18H16FNO6/c1-10(26-18(22)13-5-4-12(23-2)8-14(13)19)17(21)20-11-3-6-15-16(7-11)25-9-24-15/h3-8,10H,9H2,1-2H3,(H,20,21)/t10-/m0/s1. The molecule has 0 aliphatic carbocycles. The normalized spacial score (nSPS) is 13.0. The summed E-state index contributed by atoms with van der Waals surface area (Å²) in [5.41, 5.74) is 0.173. The third-order valence-corrected chi connectivity index (χ3v) is 3.69. The Morgan fingerprint density at radius 1 is 1.15 bits per heavy atom. The summed E-state index contributed by atoms with van der Waals surface area (Å²) in [5.74, 6) is -0.944. The van der Waals surface area contributed by atoms with Gasteiger partial charge in [-0.15, -0.1) is 0 Å². The van der Waals surface area contributed by atoms with Gasteiger partial charge in [0.2, 0.25) is 6.79 Å². The number of ether oxygens (including phenoxy) is 4. The van der Waals surface area contributed by atoms with Crippen LogP contribution >= 0.6 is 0 Å². The minimum atomic E-state index is -1.13. The third kappa shape index (κ3) is 3.69. The molecule has 1 aliphatic rings. The Bertz CT molecular complexity index is 854. The molecular formula is C18H16FNO6. The van der Waals surface area contributed by atoms with Crippen LogP contribution in [0.15, 0.2) is 36.4 Å². The van der Waals surface area contributed by atoms with Crippen LogP contribution in [0.4, 0.5) is 10.1 Å². The summed E-state index contributed by atoms with van der Waals surface area (Å²) in [6.45, 7) is 1.51. The maximum absolute atomic E-state index is 13.9. The van der Waals surface area contributed by atoms with Gasteiger partial charge >= 0.3 is 5.97 Å². The van der Waals surface area contributed by atoms with Crippen LogP contribution in [0.5, 0.6) is 17.2 Å². The Morgan fingerprint density at radius 2 is 1.92 bits per heavy atom. The molecule has 2 aromatic carbocycles. The van der Waals surface area contributed by atoms with E-state index in [2.05, 4.69) is 5.32 Å². The predicted molar refractivity (Wildman–Crippen MR) is 89.0 cm³/mol. The van der Waals surface area contributed by atoms with Crippen LogP contribution < -0.4 is 19.5 Å². The zero-order valence-corrected chi connectivity index (χ0v) is 14.1. The second kappa shape index (κ2) is 7.30. The Hall–Kier alpha value is -3.29. The number of hydrogen-bond acceptors (Lipinski definition) is 6. The number of nitrogens with one attached hydrogen (secondary N) is 1. The SMILES string of the molecule is COc1ccc(C(=O)O[C@@H](C)C(=O)Nc2ccc3c(c2)OCO3)c(F)c1. The zero-order chi connectivity index (χ0) is 18.7. The molecule has 0 bridgehead atoms. The smallest absolute Gasteiger partial charge is 0.341 e. The minimum absolute atomic E-state index is 0.119. The van der Waals surface area contributed by atoms with Crippen molar-refractivity contribution in [2.75, 3.05) is 19.2 Å². The number of rotatable bonds is 5. The van der Waals surface area contributed by atoms with Gasteiger partial charge in [0.1, 0.15) is 11.6 Å². The molecule has 0 spiro atoms. The molecule has 1 N–H and O–H groups in total.